The number of nitrogens with zero attached hydrogens (tertiary/aromatic N) is 11. The second kappa shape index (κ2) is 22.9. The first kappa shape index (κ1) is 54.9. The minimum atomic E-state index is -3.71. The number of benzene rings is 2. The van der Waals surface area contributed by atoms with Crippen LogP contribution in [0.5, 0.6) is 0 Å². The number of nitrogens with one attached hydrogen (secondary N) is 2. The Morgan fingerprint density at radius 3 is 1.60 bits per heavy atom. The number of sulfonamides is 2. The van der Waals surface area contributed by atoms with Crippen LogP contribution in [0.1, 0.15) is 107 Å². The first-order chi connectivity index (χ1) is 34.7. The second-order valence-corrected chi connectivity index (χ2v) is 31.8. The van der Waals surface area contributed by atoms with E-state index in [1.54, 1.807) is 0 Å². The maximum absolute atomic E-state index is 13.1. The van der Waals surface area contributed by atoms with Gasteiger partial charge in [-0.2, -0.15) is 29.1 Å². The summed E-state index contributed by atoms with van der Waals surface area (Å²) >= 11 is 3.19. The molecule has 396 valence electrons. The molecule has 0 radical (unpaired) electrons. The van der Waals surface area contributed by atoms with Crippen molar-refractivity contribution in [3.05, 3.63) is 60.4 Å². The van der Waals surface area contributed by atoms with Gasteiger partial charge in [0.2, 0.25) is 10.7 Å². The summed E-state index contributed by atoms with van der Waals surface area (Å²) in [6, 6.07) is 6.66. The lowest BCUT2D eigenvalue weighted by molar-refractivity contribution is 0.0708. The largest absolute Gasteiger partial charge is 0.398 e. The smallest absolute Gasteiger partial charge is 0.278 e. The third-order valence-electron chi connectivity index (χ3n) is 15.5. The molecule has 23 heteroatoms. The molecule has 2 aliphatic heterocycles. The maximum Gasteiger partial charge on any atom is 0.278 e. The number of aromatic amines is 1. The van der Waals surface area contributed by atoms with Gasteiger partial charge in [-0.05, 0) is 197 Å². The van der Waals surface area contributed by atoms with Crippen molar-refractivity contribution in [3.63, 3.8) is 0 Å². The number of nitriles is 2. The number of piperidine rings is 2. The first-order valence-electron chi connectivity index (χ1n) is 25.9. The number of ether oxygens (including phenoxy) is 1. The van der Waals surface area contributed by atoms with Gasteiger partial charge in [0.25, 0.3) is 30.4 Å². The van der Waals surface area contributed by atoms with Gasteiger partial charge in [0.05, 0.1) is 23.3 Å². The molecule has 4 aliphatic carbocycles. The Labute approximate surface area is 441 Å². The van der Waals surface area contributed by atoms with Gasteiger partial charge in [0.15, 0.2) is 0 Å². The fourth-order valence-corrected chi connectivity index (χ4v) is 15.5. The highest BCUT2D eigenvalue weighted by Crippen LogP contribution is 2.43. The summed E-state index contributed by atoms with van der Waals surface area (Å²) < 4.78 is 62.5. The third-order valence-corrected chi connectivity index (χ3v) is 21.1. The number of H-pyrrole nitrogens is 1. The molecule has 2 fully saturated rings. The molecule has 2 aromatic heterocycles. The number of rotatable bonds is 13. The van der Waals surface area contributed by atoms with E-state index >= 15 is 0 Å². The van der Waals surface area contributed by atoms with Crippen molar-refractivity contribution in [2.24, 2.45) is 0 Å². The van der Waals surface area contributed by atoms with Crippen molar-refractivity contribution in [1.29, 1.82) is 10.5 Å². The number of hydrogen-bond donors (Lipinski definition) is 3. The average Bonchev–Trinajstić information content (AvgIpc) is 4.23. The first-order valence-corrected chi connectivity index (χ1v) is 33.3. The van der Waals surface area contributed by atoms with E-state index < -0.39 is 28.1 Å². The van der Waals surface area contributed by atoms with Gasteiger partial charge in [-0.1, -0.05) is 19.6 Å². The predicted octanol–water partition coefficient (Wildman–Crippen LogP) is 6.30. The molecule has 4 N–H and O–H groups in total. The van der Waals surface area contributed by atoms with Crippen LogP contribution in [-0.2, 0) is 82.9 Å². The Bertz CT molecular complexity index is 2910. The van der Waals surface area contributed by atoms with Gasteiger partial charge in [-0.25, -0.2) is 26.6 Å². The molecule has 10 rings (SSSR count). The Morgan fingerprint density at radius 1 is 0.712 bits per heavy atom. The molecule has 2 aromatic carbocycles. The number of aromatic nitrogens is 6. The summed E-state index contributed by atoms with van der Waals surface area (Å²) in [7, 11) is -0.479. The molecule has 0 saturated carbocycles. The highest BCUT2D eigenvalue weighted by molar-refractivity contribution is 9.10. The number of hydrogen-bond acceptors (Lipinski definition) is 15. The summed E-state index contributed by atoms with van der Waals surface area (Å²) in [4.78, 5) is 12.7. The lowest BCUT2D eigenvalue weighted by atomic mass is 9.93. The Hall–Kier alpha value is -4.30. The van der Waals surface area contributed by atoms with Crippen LogP contribution < -0.4 is 11.1 Å². The van der Waals surface area contributed by atoms with Crippen LogP contribution in [0.2, 0.25) is 25.7 Å². The summed E-state index contributed by atoms with van der Waals surface area (Å²) in [6.07, 6.45) is 15.5. The van der Waals surface area contributed by atoms with Crippen LogP contribution in [0, 0.1) is 22.7 Å². The van der Waals surface area contributed by atoms with Crippen molar-refractivity contribution in [1.82, 2.24) is 48.4 Å². The molecule has 0 unspecified atom stereocenters. The molecular formula is C50H73BrN14O5S2Si. The van der Waals surface area contributed by atoms with Crippen molar-refractivity contribution in [2.45, 2.75) is 158 Å². The number of nitrogens with two attached hydrogens (primary N) is 1. The van der Waals surface area contributed by atoms with Gasteiger partial charge in [0, 0.05) is 64.3 Å². The van der Waals surface area contributed by atoms with E-state index in [-0.39, 0.29) is 27.7 Å². The zero-order chi connectivity index (χ0) is 52.4. The maximum atomic E-state index is 13.1. The molecule has 2 saturated heterocycles. The summed E-state index contributed by atoms with van der Waals surface area (Å²) in [5.74, 6) is 0.264. The van der Waals surface area contributed by atoms with Crippen LogP contribution in [-0.4, -0.2) is 146 Å². The SMILES string of the molecule is CN(C)C1CCN(S(=O)(=O)c2nc(Br)nn2COCC[Si](C)(C)C)CC1.CN(C)C1CCN(S(=O)(=O)c2nc(Nc3c4c(c(C#N)c5c3CCC5)CCC4)n[nH]2)CC1.N#Cc1c2c(c(N)c3c1CCC3)CCC2. The van der Waals surface area contributed by atoms with E-state index in [1.165, 1.54) is 46.7 Å². The minimum Gasteiger partial charge on any atom is -0.398 e. The fourth-order valence-electron chi connectivity index (χ4n) is 11.4. The van der Waals surface area contributed by atoms with Gasteiger partial charge in [0.1, 0.15) is 6.73 Å². The normalized spacial score (nSPS) is 18.4. The molecule has 0 bridgehead atoms. The zero-order valence-electron chi connectivity index (χ0n) is 43.7. The van der Waals surface area contributed by atoms with Crippen LogP contribution >= 0.6 is 15.9 Å². The Morgan fingerprint density at radius 2 is 1.15 bits per heavy atom. The van der Waals surface area contributed by atoms with Crippen molar-refractivity contribution < 1.29 is 21.6 Å². The van der Waals surface area contributed by atoms with Gasteiger partial charge in [-0.3, -0.25) is 0 Å². The quantitative estimate of drug-likeness (QED) is 0.0756. The van der Waals surface area contributed by atoms with E-state index in [0.29, 0.717) is 44.9 Å². The number of anilines is 3. The number of nitrogen functional groups attached to an aromatic ring is 1. The highest BCUT2D eigenvalue weighted by atomic mass is 79.9. The van der Waals surface area contributed by atoms with Crippen LogP contribution in [0.4, 0.5) is 17.3 Å². The molecule has 73 heavy (non-hydrogen) atoms. The summed E-state index contributed by atoms with van der Waals surface area (Å²) in [5.41, 5.74) is 19.7. The van der Waals surface area contributed by atoms with Gasteiger partial charge in [-0.15, -0.1) is 10.2 Å². The standard InChI is InChI=1S/C22H29N7O2S.C15H30BrN5O3SSi.C13H14N2/c1-28(2)14-9-11-29(12-10-14)32(30,31)22-25-21(26-27-22)24-20-17-7-3-5-15(17)19(13-23)16-6-4-8-18(16)20;1-19(2)13-6-8-20(9-7-13)25(22,23)15-17-14(16)18-21(15)12-24-10-11-26(3,4)5;14-7-12-8-3-1-5-10(8)13(15)11-6-2-4-9(11)12/h14H,3-12H2,1-2H3,(H2,24,25,26,27);13H,6-12H2,1-5H3;1-6,15H2. The van der Waals surface area contributed by atoms with Crippen LogP contribution in [0.3, 0.4) is 0 Å². The summed E-state index contributed by atoms with van der Waals surface area (Å²) in [6.45, 7) is 9.45. The van der Waals surface area contributed by atoms with E-state index in [4.69, 9.17) is 10.5 Å². The lowest BCUT2D eigenvalue weighted by Gasteiger charge is -2.34. The predicted molar refractivity (Wildman–Crippen MR) is 287 cm³/mol. The van der Waals surface area contributed by atoms with Crippen LogP contribution in [0.15, 0.2) is 15.0 Å². The molecule has 0 spiro atoms. The van der Waals surface area contributed by atoms with E-state index in [2.05, 4.69) is 88.1 Å². The van der Waals surface area contributed by atoms with Crippen molar-refractivity contribution >= 4 is 61.4 Å². The molecular weight excluding hydrogens is 1050 g/mol. The zero-order valence-corrected chi connectivity index (χ0v) is 47.9. The molecule has 6 aliphatic rings. The van der Waals surface area contributed by atoms with Crippen molar-refractivity contribution in [2.75, 3.05) is 72.0 Å². The molecule has 0 atom stereocenters. The Kier molecular flexibility index (Phi) is 17.2. The Balaban J connectivity index is 0.000000155. The molecule has 4 heterocycles. The van der Waals surface area contributed by atoms with E-state index in [9.17, 15) is 27.4 Å². The molecule has 0 amide bonds. The molecule has 4 aromatic rings. The summed E-state index contributed by atoms with van der Waals surface area (Å²) in [5, 5.41) is 33.1. The fraction of sp³-hybridized carbons (Fsp3) is 0.640. The molecule has 19 nitrogen and oxygen atoms in total. The topological polar surface area (TPSA) is 248 Å². The third kappa shape index (κ3) is 11.9. The lowest BCUT2D eigenvalue weighted by Crippen LogP contribution is -2.45. The van der Waals surface area contributed by atoms with Crippen molar-refractivity contribution in [3.8, 4) is 12.1 Å². The van der Waals surface area contributed by atoms with Gasteiger partial charge >= 0.3 is 0 Å². The number of fused-ring (bicyclic) bond motifs is 4. The minimum absolute atomic E-state index is 0.0549. The van der Waals surface area contributed by atoms with E-state index in [1.807, 2.05) is 28.2 Å². The monoisotopic (exact) mass is 1120 g/mol. The average molecular weight is 1120 g/mol. The highest BCUT2D eigenvalue weighted by Gasteiger charge is 2.36. The second-order valence-electron chi connectivity index (χ2n) is 21.8. The van der Waals surface area contributed by atoms with Crippen LogP contribution in [0.25, 0.3) is 0 Å². The number of halogens is 1. The van der Waals surface area contributed by atoms with Gasteiger partial charge < -0.3 is 25.6 Å². The van der Waals surface area contributed by atoms with E-state index in [0.717, 1.165) is 142 Å².